The molecule has 0 atom stereocenters. The summed E-state index contributed by atoms with van der Waals surface area (Å²) in [6.07, 6.45) is 7.59. The summed E-state index contributed by atoms with van der Waals surface area (Å²) in [5.41, 5.74) is 6.19. The molecule has 0 aliphatic carbocycles. The highest BCUT2D eigenvalue weighted by Gasteiger charge is 2.24. The molecule has 0 radical (unpaired) electrons. The van der Waals surface area contributed by atoms with E-state index in [2.05, 4.69) is 63.1 Å². The molecule has 1 fully saturated rings. The van der Waals surface area contributed by atoms with Gasteiger partial charge in [-0.25, -0.2) is 4.79 Å². The molecule has 2 heterocycles. The fourth-order valence-electron chi connectivity index (χ4n) is 5.29. The number of urea groups is 1. The van der Waals surface area contributed by atoms with Crippen molar-refractivity contribution in [1.29, 1.82) is 0 Å². The molecule has 210 valence electrons. The Morgan fingerprint density at radius 2 is 1.54 bits per heavy atom. The van der Waals surface area contributed by atoms with Crippen molar-refractivity contribution in [3.8, 4) is 0 Å². The van der Waals surface area contributed by atoms with Crippen molar-refractivity contribution < 1.29 is 9.59 Å². The van der Waals surface area contributed by atoms with E-state index in [4.69, 9.17) is 0 Å². The molecule has 3 N–H and O–H groups in total. The molecule has 4 aromatic rings. The maximum Gasteiger partial charge on any atom is 0.323 e. The molecule has 41 heavy (non-hydrogen) atoms. The SMILES string of the molecule is CCc1ccc(NC(=O)Nc2ccc(N3CCC(Cc4ccccc4)CC3)c(C(=O)NCc3cccnc3)c2)cc1. The maximum absolute atomic E-state index is 13.5. The number of pyridine rings is 1. The standard InChI is InChI=1S/C34H37N5O2/c1-2-25-10-12-29(13-11-25)37-34(41)38-30-14-15-32(31(22-30)33(40)36-24-28-9-6-18-35-23-28)39-19-16-27(17-20-39)21-26-7-4-3-5-8-26/h3-15,18,22-23,27H,2,16-17,19-21,24H2,1H3,(H,36,40)(H2,37,38,41). The normalized spacial score (nSPS) is 13.4. The number of carbonyl (C=O) groups excluding carboxylic acids is 2. The smallest absolute Gasteiger partial charge is 0.323 e. The second-order valence-electron chi connectivity index (χ2n) is 10.5. The Labute approximate surface area is 242 Å². The van der Waals surface area contributed by atoms with E-state index in [1.54, 1.807) is 18.5 Å². The third kappa shape index (κ3) is 7.72. The van der Waals surface area contributed by atoms with Crippen molar-refractivity contribution in [2.45, 2.75) is 39.2 Å². The zero-order chi connectivity index (χ0) is 28.4. The monoisotopic (exact) mass is 547 g/mol. The molecule has 0 spiro atoms. The summed E-state index contributed by atoms with van der Waals surface area (Å²) < 4.78 is 0. The van der Waals surface area contributed by atoms with Crippen molar-refractivity contribution in [1.82, 2.24) is 10.3 Å². The highest BCUT2D eigenvalue weighted by atomic mass is 16.2. The van der Waals surface area contributed by atoms with Crippen LogP contribution in [0, 0.1) is 5.92 Å². The van der Waals surface area contributed by atoms with Gasteiger partial charge in [-0.05, 0) is 84.7 Å². The molecule has 7 heteroatoms. The summed E-state index contributed by atoms with van der Waals surface area (Å²) in [6.45, 7) is 4.22. The highest BCUT2D eigenvalue weighted by molar-refractivity contribution is 6.04. The summed E-state index contributed by atoms with van der Waals surface area (Å²) >= 11 is 0. The predicted molar refractivity (Wildman–Crippen MR) is 165 cm³/mol. The van der Waals surface area contributed by atoms with Crippen LogP contribution >= 0.6 is 0 Å². The lowest BCUT2D eigenvalue weighted by Gasteiger charge is -2.35. The summed E-state index contributed by atoms with van der Waals surface area (Å²) in [5.74, 6) is 0.432. The summed E-state index contributed by atoms with van der Waals surface area (Å²) in [6, 6.07) is 27.4. The Hall–Kier alpha value is -4.65. The second-order valence-corrected chi connectivity index (χ2v) is 10.5. The number of anilines is 3. The van der Waals surface area contributed by atoms with E-state index in [0.29, 0.717) is 29.4 Å². The molecule has 1 aromatic heterocycles. The van der Waals surface area contributed by atoms with Crippen molar-refractivity contribution in [3.63, 3.8) is 0 Å². The molecule has 5 rings (SSSR count). The van der Waals surface area contributed by atoms with E-state index in [0.717, 1.165) is 50.0 Å². The number of amides is 3. The number of nitrogens with zero attached hydrogens (tertiary/aromatic N) is 2. The van der Waals surface area contributed by atoms with Gasteiger partial charge >= 0.3 is 6.03 Å². The number of benzene rings is 3. The lowest BCUT2D eigenvalue weighted by molar-refractivity contribution is 0.0951. The van der Waals surface area contributed by atoms with Crippen molar-refractivity contribution in [2.24, 2.45) is 5.92 Å². The van der Waals surface area contributed by atoms with Crippen LogP contribution in [-0.4, -0.2) is 30.0 Å². The average molecular weight is 548 g/mol. The predicted octanol–water partition coefficient (Wildman–Crippen LogP) is 6.68. The van der Waals surface area contributed by atoms with Gasteiger partial charge in [-0.15, -0.1) is 0 Å². The molecular formula is C34H37N5O2. The first-order valence-corrected chi connectivity index (χ1v) is 14.3. The minimum absolute atomic E-state index is 0.186. The Bertz CT molecular complexity index is 1430. The summed E-state index contributed by atoms with van der Waals surface area (Å²) in [5, 5.41) is 8.80. The first-order valence-electron chi connectivity index (χ1n) is 14.3. The molecule has 1 aliphatic heterocycles. The lowest BCUT2D eigenvalue weighted by atomic mass is 9.89. The Morgan fingerprint density at radius 1 is 0.829 bits per heavy atom. The number of aromatic nitrogens is 1. The van der Waals surface area contributed by atoms with Crippen molar-refractivity contribution >= 4 is 29.0 Å². The Morgan fingerprint density at radius 3 is 2.24 bits per heavy atom. The maximum atomic E-state index is 13.5. The first kappa shape index (κ1) is 27.9. The molecule has 0 unspecified atom stereocenters. The Balaban J connectivity index is 1.29. The second kappa shape index (κ2) is 13.6. The average Bonchev–Trinajstić information content (AvgIpc) is 3.01. The zero-order valence-electron chi connectivity index (χ0n) is 23.5. The zero-order valence-corrected chi connectivity index (χ0v) is 23.5. The largest absolute Gasteiger partial charge is 0.371 e. The highest BCUT2D eigenvalue weighted by Crippen LogP contribution is 2.30. The van der Waals surface area contributed by atoms with Gasteiger partial charge in [0.25, 0.3) is 5.91 Å². The van der Waals surface area contributed by atoms with E-state index in [9.17, 15) is 9.59 Å². The van der Waals surface area contributed by atoms with E-state index in [1.807, 2.05) is 48.5 Å². The topological polar surface area (TPSA) is 86.4 Å². The van der Waals surface area contributed by atoms with Crippen LogP contribution < -0.4 is 20.9 Å². The van der Waals surface area contributed by atoms with Gasteiger partial charge in [0, 0.05) is 49.1 Å². The molecule has 3 aromatic carbocycles. The van der Waals surface area contributed by atoms with Gasteiger partial charge in [0.15, 0.2) is 0 Å². The van der Waals surface area contributed by atoms with Crippen LogP contribution in [-0.2, 0) is 19.4 Å². The van der Waals surface area contributed by atoms with E-state index in [-0.39, 0.29) is 11.9 Å². The van der Waals surface area contributed by atoms with Gasteiger partial charge in [0.05, 0.1) is 5.56 Å². The third-order valence-electron chi connectivity index (χ3n) is 7.62. The number of aryl methyl sites for hydroxylation is 1. The van der Waals surface area contributed by atoms with E-state index >= 15 is 0 Å². The number of carbonyl (C=O) groups is 2. The van der Waals surface area contributed by atoms with Crippen LogP contribution in [0.1, 0.15) is 46.8 Å². The number of nitrogens with one attached hydrogen (secondary N) is 3. The summed E-state index contributed by atoms with van der Waals surface area (Å²) in [4.78, 5) is 32.7. The number of piperidine rings is 1. The Kier molecular flexibility index (Phi) is 9.26. The van der Waals surface area contributed by atoms with E-state index in [1.165, 1.54) is 11.1 Å². The number of rotatable bonds is 9. The minimum atomic E-state index is -0.356. The molecule has 0 bridgehead atoms. The molecule has 1 saturated heterocycles. The van der Waals surface area contributed by atoms with Crippen molar-refractivity contribution in [3.05, 3.63) is 120 Å². The molecule has 1 aliphatic rings. The van der Waals surface area contributed by atoms with Gasteiger partial charge in [0.1, 0.15) is 0 Å². The fourth-order valence-corrected chi connectivity index (χ4v) is 5.29. The van der Waals surface area contributed by atoms with Crippen molar-refractivity contribution in [2.75, 3.05) is 28.6 Å². The van der Waals surface area contributed by atoms with Crippen LogP contribution in [0.4, 0.5) is 21.9 Å². The lowest BCUT2D eigenvalue weighted by Crippen LogP contribution is -2.36. The van der Waals surface area contributed by atoms with Gasteiger partial charge in [-0.3, -0.25) is 9.78 Å². The summed E-state index contributed by atoms with van der Waals surface area (Å²) in [7, 11) is 0. The molecule has 7 nitrogen and oxygen atoms in total. The van der Waals surface area contributed by atoms with Crippen LogP contribution in [0.2, 0.25) is 0 Å². The third-order valence-corrected chi connectivity index (χ3v) is 7.62. The molecule has 3 amide bonds. The van der Waals surface area contributed by atoms with Crippen LogP contribution in [0.3, 0.4) is 0 Å². The number of hydrogen-bond acceptors (Lipinski definition) is 4. The van der Waals surface area contributed by atoms with Crippen LogP contribution in [0.25, 0.3) is 0 Å². The van der Waals surface area contributed by atoms with Gasteiger partial charge in [0.2, 0.25) is 0 Å². The van der Waals surface area contributed by atoms with Gasteiger partial charge < -0.3 is 20.9 Å². The minimum Gasteiger partial charge on any atom is -0.371 e. The number of hydrogen-bond donors (Lipinski definition) is 3. The van der Waals surface area contributed by atoms with Crippen LogP contribution in [0.15, 0.2) is 97.3 Å². The molecule has 0 saturated carbocycles. The fraction of sp³-hybridized carbons (Fsp3) is 0.265. The quantitative estimate of drug-likeness (QED) is 0.218. The van der Waals surface area contributed by atoms with Crippen LogP contribution in [0.5, 0.6) is 0 Å². The van der Waals surface area contributed by atoms with Gasteiger partial charge in [-0.1, -0.05) is 55.5 Å². The molecular weight excluding hydrogens is 510 g/mol. The van der Waals surface area contributed by atoms with Gasteiger partial charge in [-0.2, -0.15) is 0 Å². The first-order chi connectivity index (χ1) is 20.1. The van der Waals surface area contributed by atoms with E-state index < -0.39 is 0 Å².